The van der Waals surface area contributed by atoms with Crippen LogP contribution in [0, 0.1) is 0 Å². The highest BCUT2D eigenvalue weighted by Crippen LogP contribution is 2.38. The van der Waals surface area contributed by atoms with Gasteiger partial charge in [-0.1, -0.05) is 56.2 Å². The molecule has 0 aromatic heterocycles. The molecule has 1 aliphatic heterocycles. The molecule has 0 N–H and O–H groups in total. The Morgan fingerprint density at radius 1 is 1.36 bits per heavy atom. The van der Waals surface area contributed by atoms with Gasteiger partial charge in [-0.05, 0) is 59.0 Å². The molecule has 25 heavy (non-hydrogen) atoms. The van der Waals surface area contributed by atoms with Crippen LogP contribution in [0.5, 0.6) is 5.75 Å². The van der Waals surface area contributed by atoms with Crippen molar-refractivity contribution >= 4 is 56.2 Å². The predicted molar refractivity (Wildman–Crippen MR) is 112 cm³/mol. The molecule has 3 nitrogen and oxygen atoms in total. The summed E-state index contributed by atoms with van der Waals surface area (Å²) in [5.74, 6) is 0.887. The molecule has 0 bridgehead atoms. The van der Waals surface area contributed by atoms with Crippen molar-refractivity contribution in [2.45, 2.75) is 51.5 Å². The summed E-state index contributed by atoms with van der Waals surface area (Å²) < 4.78 is 7.28. The number of carbonyl (C=O) groups is 1. The van der Waals surface area contributed by atoms with E-state index in [0.717, 1.165) is 35.0 Å². The van der Waals surface area contributed by atoms with Crippen LogP contribution in [0.25, 0.3) is 6.08 Å². The molecular formula is C19H22BrNO2S2. The van der Waals surface area contributed by atoms with Crippen molar-refractivity contribution in [3.63, 3.8) is 0 Å². The minimum absolute atomic E-state index is 0.0596. The summed E-state index contributed by atoms with van der Waals surface area (Å²) in [6.45, 7) is 2.77. The molecule has 6 heteroatoms. The zero-order valence-electron chi connectivity index (χ0n) is 14.3. The standard InChI is InChI=1S/C19H22BrNO2S2/c1-2-10-23-16-9-8-13(11-15(16)20)12-17-18(22)21(19(24)25-17)14-6-4-3-5-7-14/h8-9,11-12,14H,2-7,10H2,1H3/b17-12+. The number of nitrogens with zero attached hydrogens (tertiary/aromatic N) is 1. The van der Waals surface area contributed by atoms with Crippen LogP contribution in [0.1, 0.15) is 51.0 Å². The summed E-state index contributed by atoms with van der Waals surface area (Å²) in [5, 5.41) is 0. The van der Waals surface area contributed by atoms with Crippen LogP contribution in [0.2, 0.25) is 0 Å². The van der Waals surface area contributed by atoms with Crippen molar-refractivity contribution in [1.29, 1.82) is 0 Å². The van der Waals surface area contributed by atoms with Crippen molar-refractivity contribution in [2.75, 3.05) is 6.61 Å². The van der Waals surface area contributed by atoms with Crippen molar-refractivity contribution in [2.24, 2.45) is 0 Å². The van der Waals surface area contributed by atoms with E-state index in [-0.39, 0.29) is 11.9 Å². The second-order valence-corrected chi connectivity index (χ2v) is 8.91. The number of hydrogen-bond donors (Lipinski definition) is 0. The Morgan fingerprint density at radius 3 is 2.80 bits per heavy atom. The normalized spacial score (nSPS) is 20.6. The molecule has 0 spiro atoms. The van der Waals surface area contributed by atoms with Gasteiger partial charge in [0.25, 0.3) is 5.91 Å². The Kier molecular flexibility index (Phi) is 6.58. The fraction of sp³-hybridized carbons (Fsp3) is 0.474. The molecule has 1 aromatic rings. The average molecular weight is 440 g/mol. The van der Waals surface area contributed by atoms with E-state index in [1.807, 2.05) is 29.2 Å². The minimum Gasteiger partial charge on any atom is -0.492 e. The van der Waals surface area contributed by atoms with Gasteiger partial charge in [-0.2, -0.15) is 0 Å². The van der Waals surface area contributed by atoms with Crippen molar-refractivity contribution in [3.05, 3.63) is 33.1 Å². The van der Waals surface area contributed by atoms with Crippen LogP contribution in [0.4, 0.5) is 0 Å². The van der Waals surface area contributed by atoms with Crippen molar-refractivity contribution < 1.29 is 9.53 Å². The molecule has 134 valence electrons. The van der Waals surface area contributed by atoms with Gasteiger partial charge < -0.3 is 4.74 Å². The number of thioether (sulfide) groups is 1. The fourth-order valence-corrected chi connectivity index (χ4v) is 5.13. The molecule has 2 aliphatic rings. The smallest absolute Gasteiger partial charge is 0.266 e. The number of hydrogen-bond acceptors (Lipinski definition) is 4. The van der Waals surface area contributed by atoms with E-state index in [1.165, 1.54) is 31.0 Å². The van der Waals surface area contributed by atoms with Crippen LogP contribution >= 0.6 is 39.9 Å². The molecule has 0 atom stereocenters. The van der Waals surface area contributed by atoms with E-state index in [0.29, 0.717) is 15.8 Å². The monoisotopic (exact) mass is 439 g/mol. The Morgan fingerprint density at radius 2 is 2.12 bits per heavy atom. The van der Waals surface area contributed by atoms with Crippen LogP contribution < -0.4 is 4.74 Å². The van der Waals surface area contributed by atoms with E-state index in [1.54, 1.807) is 0 Å². The van der Waals surface area contributed by atoms with Crippen molar-refractivity contribution in [1.82, 2.24) is 4.90 Å². The third-order valence-corrected chi connectivity index (χ3v) is 6.43. The summed E-state index contributed by atoms with van der Waals surface area (Å²) in [4.78, 5) is 15.4. The Bertz CT molecular complexity index is 699. The highest BCUT2D eigenvalue weighted by atomic mass is 79.9. The number of amides is 1. The van der Waals surface area contributed by atoms with Crippen molar-refractivity contribution in [3.8, 4) is 5.75 Å². The van der Waals surface area contributed by atoms with Gasteiger partial charge >= 0.3 is 0 Å². The van der Waals surface area contributed by atoms with Gasteiger partial charge in [0.15, 0.2) is 0 Å². The summed E-state index contributed by atoms with van der Waals surface area (Å²) >= 11 is 10.4. The predicted octanol–water partition coefficient (Wildman–Crippen LogP) is 5.77. The first-order valence-electron chi connectivity index (χ1n) is 8.79. The van der Waals surface area contributed by atoms with Gasteiger partial charge in [-0.3, -0.25) is 9.69 Å². The van der Waals surface area contributed by atoms with E-state index in [2.05, 4.69) is 22.9 Å². The van der Waals surface area contributed by atoms with Gasteiger partial charge in [0, 0.05) is 6.04 Å². The first kappa shape index (κ1) is 18.9. The SMILES string of the molecule is CCCOc1ccc(/C=C2/SC(=S)N(C3CCCCC3)C2=O)cc1Br. The van der Waals surface area contributed by atoms with Gasteiger partial charge in [-0.15, -0.1) is 0 Å². The van der Waals surface area contributed by atoms with E-state index in [4.69, 9.17) is 17.0 Å². The topological polar surface area (TPSA) is 29.5 Å². The Hall–Kier alpha value is -0.850. The molecule has 0 radical (unpaired) electrons. The molecular weight excluding hydrogens is 418 g/mol. The lowest BCUT2D eigenvalue weighted by molar-refractivity contribution is -0.124. The molecule has 1 aliphatic carbocycles. The Balaban J connectivity index is 1.76. The lowest BCUT2D eigenvalue weighted by atomic mass is 9.94. The largest absolute Gasteiger partial charge is 0.492 e. The van der Waals surface area contributed by atoms with Crippen LogP contribution in [-0.2, 0) is 4.79 Å². The van der Waals surface area contributed by atoms with E-state index < -0.39 is 0 Å². The third-order valence-electron chi connectivity index (χ3n) is 4.48. The summed E-state index contributed by atoms with van der Waals surface area (Å²) in [7, 11) is 0. The number of carbonyl (C=O) groups excluding carboxylic acids is 1. The van der Waals surface area contributed by atoms with E-state index in [9.17, 15) is 4.79 Å². The summed E-state index contributed by atoms with van der Waals surface area (Å²) in [6, 6.07) is 6.18. The highest BCUT2D eigenvalue weighted by molar-refractivity contribution is 9.10. The van der Waals surface area contributed by atoms with Gasteiger partial charge in [0.05, 0.1) is 16.0 Å². The lowest BCUT2D eigenvalue weighted by Gasteiger charge is -2.29. The first-order chi connectivity index (χ1) is 12.1. The fourth-order valence-electron chi connectivity index (χ4n) is 3.22. The highest BCUT2D eigenvalue weighted by Gasteiger charge is 2.37. The molecule has 1 aromatic carbocycles. The third kappa shape index (κ3) is 4.47. The number of thiocarbonyl (C=S) groups is 1. The zero-order valence-corrected chi connectivity index (χ0v) is 17.5. The second kappa shape index (κ2) is 8.69. The molecule has 1 heterocycles. The maximum Gasteiger partial charge on any atom is 0.266 e. The molecule has 3 rings (SSSR count). The van der Waals surface area contributed by atoms with E-state index >= 15 is 0 Å². The minimum atomic E-state index is 0.0596. The van der Waals surface area contributed by atoms with Gasteiger partial charge in [0.2, 0.25) is 0 Å². The number of ether oxygens (including phenoxy) is 1. The number of benzene rings is 1. The van der Waals surface area contributed by atoms with Gasteiger partial charge in [0.1, 0.15) is 10.1 Å². The van der Waals surface area contributed by atoms with Gasteiger partial charge in [-0.25, -0.2) is 0 Å². The average Bonchev–Trinajstić information content (AvgIpc) is 2.88. The zero-order chi connectivity index (χ0) is 17.8. The Labute approximate surface area is 167 Å². The first-order valence-corrected chi connectivity index (χ1v) is 10.8. The second-order valence-electron chi connectivity index (χ2n) is 6.38. The number of halogens is 1. The van der Waals surface area contributed by atoms with Crippen LogP contribution in [-0.4, -0.2) is 27.8 Å². The van der Waals surface area contributed by atoms with Crippen LogP contribution in [0.3, 0.4) is 0 Å². The molecule has 1 amide bonds. The number of rotatable bonds is 5. The molecule has 1 saturated heterocycles. The molecule has 1 saturated carbocycles. The maximum atomic E-state index is 12.8. The van der Waals surface area contributed by atoms with Crippen LogP contribution in [0.15, 0.2) is 27.6 Å². The maximum absolute atomic E-state index is 12.8. The lowest BCUT2D eigenvalue weighted by Crippen LogP contribution is -2.39. The summed E-state index contributed by atoms with van der Waals surface area (Å²) in [6.07, 6.45) is 8.67. The molecule has 0 unspecified atom stereocenters. The quantitative estimate of drug-likeness (QED) is 0.429. The summed E-state index contributed by atoms with van der Waals surface area (Å²) in [5.41, 5.74) is 0.972. The molecule has 2 fully saturated rings.